The van der Waals surface area contributed by atoms with Gasteiger partial charge in [0.2, 0.25) is 5.91 Å². The second kappa shape index (κ2) is 9.90. The van der Waals surface area contributed by atoms with Crippen LogP contribution < -0.4 is 9.47 Å². The van der Waals surface area contributed by atoms with Gasteiger partial charge in [0.25, 0.3) is 5.91 Å². The third kappa shape index (κ3) is 4.38. The van der Waals surface area contributed by atoms with Crippen LogP contribution in [0.5, 0.6) is 11.5 Å². The summed E-state index contributed by atoms with van der Waals surface area (Å²) in [7, 11) is 4.91. The van der Waals surface area contributed by atoms with Crippen LogP contribution in [0.15, 0.2) is 41.3 Å². The summed E-state index contributed by atoms with van der Waals surface area (Å²) < 4.78 is 11.0. The number of likely N-dealkylation sites (tertiary alicyclic amines) is 1. The highest BCUT2D eigenvalue weighted by Gasteiger charge is 2.45. The Bertz CT molecular complexity index is 1060. The van der Waals surface area contributed by atoms with E-state index < -0.39 is 12.0 Å². The Labute approximate surface area is 206 Å². The minimum absolute atomic E-state index is 0.0603. The lowest BCUT2D eigenvalue weighted by Gasteiger charge is -2.44. The van der Waals surface area contributed by atoms with Crippen molar-refractivity contribution in [2.24, 2.45) is 11.8 Å². The molecular weight excluding hydrogens is 448 g/mol. The van der Waals surface area contributed by atoms with E-state index in [0.29, 0.717) is 34.5 Å². The van der Waals surface area contributed by atoms with Crippen molar-refractivity contribution < 1.29 is 19.1 Å². The Hall–Kier alpha value is -2.67. The first-order valence-corrected chi connectivity index (χ1v) is 13.0. The molecule has 0 saturated carbocycles. The number of likely N-dealkylation sites (N-methyl/N-ethyl adjacent to an activating group) is 1. The number of piperidine rings is 1. The number of ether oxygens (including phenoxy) is 2. The molecule has 4 atom stereocenters. The molecule has 0 bridgehead atoms. The predicted molar refractivity (Wildman–Crippen MR) is 135 cm³/mol. The van der Waals surface area contributed by atoms with E-state index in [-0.39, 0.29) is 11.8 Å². The van der Waals surface area contributed by atoms with Crippen molar-refractivity contribution in [2.45, 2.75) is 37.1 Å². The number of carbonyl (C=O) groups excluding carboxylic acids is 2. The van der Waals surface area contributed by atoms with Gasteiger partial charge in [-0.2, -0.15) is 0 Å². The Balaban J connectivity index is 1.88. The zero-order valence-corrected chi connectivity index (χ0v) is 21.6. The normalized spacial score (nSPS) is 24.6. The smallest absolute Gasteiger partial charge is 0.254 e. The molecule has 182 valence electrons. The minimum atomic E-state index is -0.532. The second-order valence-corrected chi connectivity index (χ2v) is 10.5. The van der Waals surface area contributed by atoms with Gasteiger partial charge in [-0.25, -0.2) is 0 Å². The van der Waals surface area contributed by atoms with Gasteiger partial charge in [0.15, 0.2) is 11.5 Å². The average molecular weight is 483 g/mol. The van der Waals surface area contributed by atoms with Crippen molar-refractivity contribution in [3.05, 3.63) is 53.1 Å². The number of hydrogen-bond acceptors (Lipinski definition) is 5. The van der Waals surface area contributed by atoms with Crippen molar-refractivity contribution in [1.82, 2.24) is 9.80 Å². The van der Waals surface area contributed by atoms with Crippen molar-refractivity contribution in [1.29, 1.82) is 0 Å². The highest BCUT2D eigenvalue weighted by molar-refractivity contribution is 7.98. The Morgan fingerprint density at radius 1 is 1.00 bits per heavy atom. The number of nitrogens with zero attached hydrogens (tertiary/aromatic N) is 2. The number of benzene rings is 2. The summed E-state index contributed by atoms with van der Waals surface area (Å²) in [6, 6.07) is 11.3. The van der Waals surface area contributed by atoms with Crippen LogP contribution in [0.3, 0.4) is 0 Å². The van der Waals surface area contributed by atoms with Crippen LogP contribution in [0.1, 0.15) is 53.7 Å². The summed E-state index contributed by atoms with van der Waals surface area (Å²) in [5, 5.41) is 0. The Kier molecular flexibility index (Phi) is 7.12. The van der Waals surface area contributed by atoms with Crippen molar-refractivity contribution >= 4 is 23.6 Å². The number of carbonyl (C=O) groups is 2. The molecule has 34 heavy (non-hydrogen) atoms. The summed E-state index contributed by atoms with van der Waals surface area (Å²) in [5.74, 6) is 1.30. The topological polar surface area (TPSA) is 59.1 Å². The van der Waals surface area contributed by atoms with Crippen LogP contribution in [0.4, 0.5) is 0 Å². The van der Waals surface area contributed by atoms with E-state index in [2.05, 4.69) is 26.0 Å². The number of thioether (sulfide) groups is 1. The van der Waals surface area contributed by atoms with Crippen molar-refractivity contribution in [3.8, 4) is 11.5 Å². The summed E-state index contributed by atoms with van der Waals surface area (Å²) in [6.45, 7) is 5.87. The van der Waals surface area contributed by atoms with Crippen LogP contribution in [0.2, 0.25) is 0 Å². The molecule has 7 heteroatoms. The Morgan fingerprint density at radius 2 is 1.59 bits per heavy atom. The molecule has 0 spiro atoms. The summed E-state index contributed by atoms with van der Waals surface area (Å²) >= 11 is 1.67. The first-order valence-electron chi connectivity index (χ1n) is 11.7. The van der Waals surface area contributed by atoms with Crippen LogP contribution in [-0.4, -0.2) is 62.2 Å². The summed E-state index contributed by atoms with van der Waals surface area (Å²) in [4.78, 5) is 32.6. The fourth-order valence-electron chi connectivity index (χ4n) is 5.57. The zero-order chi connectivity index (χ0) is 24.6. The molecule has 1 saturated heterocycles. The molecule has 2 aromatic carbocycles. The van der Waals surface area contributed by atoms with E-state index >= 15 is 0 Å². The fourth-order valence-corrected chi connectivity index (χ4v) is 5.98. The lowest BCUT2D eigenvalue weighted by Crippen LogP contribution is -2.50. The zero-order valence-electron chi connectivity index (χ0n) is 20.8. The Morgan fingerprint density at radius 3 is 2.15 bits per heavy atom. The highest BCUT2D eigenvalue weighted by Crippen LogP contribution is 2.46. The van der Waals surface area contributed by atoms with Crippen molar-refractivity contribution in [2.75, 3.05) is 40.6 Å². The van der Waals surface area contributed by atoms with Gasteiger partial charge in [0, 0.05) is 30.6 Å². The molecule has 0 aliphatic carbocycles. The number of methoxy groups -OCH3 is 2. The minimum Gasteiger partial charge on any atom is -0.493 e. The monoisotopic (exact) mass is 482 g/mol. The molecule has 1 fully saturated rings. The molecule has 0 aromatic heterocycles. The van der Waals surface area contributed by atoms with E-state index in [1.54, 1.807) is 44.0 Å². The fraction of sp³-hybridized carbons (Fsp3) is 0.481. The number of hydrogen-bond donors (Lipinski definition) is 0. The lowest BCUT2D eigenvalue weighted by molar-refractivity contribution is -0.137. The van der Waals surface area contributed by atoms with Crippen LogP contribution in [0, 0.1) is 11.8 Å². The van der Waals surface area contributed by atoms with Gasteiger partial charge in [0.05, 0.1) is 26.2 Å². The van der Waals surface area contributed by atoms with E-state index in [0.717, 1.165) is 30.0 Å². The van der Waals surface area contributed by atoms with Gasteiger partial charge in [-0.05, 0) is 59.9 Å². The predicted octanol–water partition coefficient (Wildman–Crippen LogP) is 4.84. The average Bonchev–Trinajstić information content (AvgIpc) is 2.84. The largest absolute Gasteiger partial charge is 0.493 e. The molecule has 6 nitrogen and oxygen atoms in total. The van der Waals surface area contributed by atoms with Gasteiger partial charge in [-0.3, -0.25) is 9.59 Å². The van der Waals surface area contributed by atoms with Crippen LogP contribution in [-0.2, 0) is 4.79 Å². The SMILES string of the molecule is COc1cc2c(cc1OC)[C@H](C(=O)N1C[C@H](C)C[C@@H](C)C1)[C@H](c1ccc(SC)cc1)N(C)C2=O. The maximum absolute atomic E-state index is 14.2. The third-order valence-corrected chi connectivity index (χ3v) is 7.82. The molecule has 2 heterocycles. The number of amides is 2. The molecule has 2 aliphatic heterocycles. The van der Waals surface area contributed by atoms with E-state index in [9.17, 15) is 9.59 Å². The molecular formula is C27H34N2O4S. The maximum Gasteiger partial charge on any atom is 0.254 e. The number of fused-ring (bicyclic) bond motifs is 1. The maximum atomic E-state index is 14.2. The van der Waals surface area contributed by atoms with Crippen LogP contribution in [0.25, 0.3) is 0 Å². The van der Waals surface area contributed by atoms with E-state index in [1.165, 1.54) is 0 Å². The van der Waals surface area contributed by atoms with E-state index in [4.69, 9.17) is 9.47 Å². The molecule has 0 unspecified atom stereocenters. The van der Waals surface area contributed by atoms with Crippen molar-refractivity contribution in [3.63, 3.8) is 0 Å². The van der Waals surface area contributed by atoms with Gasteiger partial charge in [-0.15, -0.1) is 11.8 Å². The molecule has 0 radical (unpaired) electrons. The molecule has 2 amide bonds. The van der Waals surface area contributed by atoms with Gasteiger partial charge >= 0.3 is 0 Å². The van der Waals surface area contributed by atoms with Gasteiger partial charge < -0.3 is 19.3 Å². The molecule has 2 aromatic rings. The lowest BCUT2D eigenvalue weighted by atomic mass is 9.78. The second-order valence-electron chi connectivity index (χ2n) is 9.60. The molecule has 0 N–H and O–H groups in total. The van der Waals surface area contributed by atoms with Crippen LogP contribution >= 0.6 is 11.8 Å². The van der Waals surface area contributed by atoms with Gasteiger partial charge in [0.1, 0.15) is 0 Å². The van der Waals surface area contributed by atoms with E-state index in [1.807, 2.05) is 29.4 Å². The quantitative estimate of drug-likeness (QED) is 0.571. The molecule has 4 rings (SSSR count). The van der Waals surface area contributed by atoms with Gasteiger partial charge in [-0.1, -0.05) is 26.0 Å². The number of rotatable bonds is 5. The first kappa shape index (κ1) is 24.5. The standard InChI is InChI=1S/C27H34N2O4S/c1-16-11-17(2)15-29(14-16)27(31)24-20-12-22(32-4)23(33-5)13-21(20)26(30)28(3)25(24)18-7-9-19(34-6)10-8-18/h7-10,12-13,16-17,24-25H,11,14-15H2,1-6H3/t16-,17-,24+,25+/m1/s1. The summed E-state index contributed by atoms with van der Waals surface area (Å²) in [6.07, 6.45) is 3.15. The highest BCUT2D eigenvalue weighted by atomic mass is 32.2. The first-order chi connectivity index (χ1) is 16.3. The summed E-state index contributed by atoms with van der Waals surface area (Å²) in [5.41, 5.74) is 2.15. The third-order valence-electron chi connectivity index (χ3n) is 7.08. The molecule has 2 aliphatic rings.